The van der Waals surface area contributed by atoms with Gasteiger partial charge in [0, 0.05) is 37.0 Å². The fourth-order valence-corrected chi connectivity index (χ4v) is 4.90. The van der Waals surface area contributed by atoms with Crippen LogP contribution >= 0.6 is 11.3 Å². The van der Waals surface area contributed by atoms with Crippen LogP contribution in [-0.4, -0.2) is 40.4 Å². The van der Waals surface area contributed by atoms with Crippen molar-refractivity contribution in [3.63, 3.8) is 0 Å². The molecule has 1 saturated carbocycles. The number of fused-ring (bicyclic) bond motifs is 1. The number of nitrogens with one attached hydrogen (secondary N) is 1. The van der Waals surface area contributed by atoms with Crippen molar-refractivity contribution in [1.29, 1.82) is 0 Å². The highest BCUT2D eigenvalue weighted by Crippen LogP contribution is 2.36. The fraction of sp³-hybridized carbons (Fsp3) is 0.409. The van der Waals surface area contributed by atoms with Gasteiger partial charge in [0.25, 0.3) is 0 Å². The minimum atomic E-state index is -0.261. The van der Waals surface area contributed by atoms with Crippen LogP contribution in [0.2, 0.25) is 0 Å². The molecule has 0 bridgehead atoms. The molecule has 3 aromatic rings. The molecule has 0 aliphatic heterocycles. The molecule has 2 heterocycles. The largest absolute Gasteiger partial charge is 0.369 e. The number of carbonyl (C=O) groups is 1. The van der Waals surface area contributed by atoms with Gasteiger partial charge < -0.3 is 10.2 Å². The zero-order chi connectivity index (χ0) is 20.2. The molecule has 1 aliphatic carbocycles. The third kappa shape index (κ3) is 4.40. The summed E-state index contributed by atoms with van der Waals surface area (Å²) in [5, 5.41) is 6.25. The highest BCUT2D eigenvalue weighted by molar-refractivity contribution is 7.17. The van der Waals surface area contributed by atoms with E-state index in [9.17, 15) is 9.18 Å². The molecule has 0 radical (unpaired) electrons. The van der Waals surface area contributed by atoms with E-state index in [1.54, 1.807) is 12.1 Å². The number of carbonyl (C=O) groups excluding carboxylic acids is 1. The Hall–Kier alpha value is -2.54. The molecule has 0 unspecified atom stereocenters. The third-order valence-corrected chi connectivity index (χ3v) is 6.56. The first kappa shape index (κ1) is 19.8. The summed E-state index contributed by atoms with van der Waals surface area (Å²) in [7, 11) is 1.92. The van der Waals surface area contributed by atoms with Crippen LogP contribution in [0.3, 0.4) is 0 Å². The van der Waals surface area contributed by atoms with Crippen molar-refractivity contribution in [3.8, 4) is 11.1 Å². The fourth-order valence-electron chi connectivity index (χ4n) is 3.99. The highest BCUT2D eigenvalue weighted by Gasteiger charge is 2.21. The maximum absolute atomic E-state index is 13.3. The maximum Gasteiger partial charge on any atom is 0.224 e. The predicted octanol–water partition coefficient (Wildman–Crippen LogP) is 5.09. The van der Waals surface area contributed by atoms with E-state index in [2.05, 4.69) is 15.3 Å². The summed E-state index contributed by atoms with van der Waals surface area (Å²) in [6, 6.07) is 6.81. The van der Waals surface area contributed by atoms with E-state index in [-0.39, 0.29) is 11.7 Å². The molecule has 1 amide bonds. The number of benzene rings is 1. The molecule has 0 saturated heterocycles. The Morgan fingerprint density at radius 3 is 2.72 bits per heavy atom. The van der Waals surface area contributed by atoms with E-state index in [4.69, 9.17) is 0 Å². The van der Waals surface area contributed by atoms with Gasteiger partial charge in [0.2, 0.25) is 5.91 Å². The molecular weight excluding hydrogens is 387 g/mol. The molecule has 0 atom stereocenters. The number of aromatic nitrogens is 2. The summed E-state index contributed by atoms with van der Waals surface area (Å²) in [5.74, 6) is 0.617. The van der Waals surface area contributed by atoms with Crippen molar-refractivity contribution >= 4 is 33.3 Å². The van der Waals surface area contributed by atoms with E-state index >= 15 is 0 Å². The number of hydrogen-bond donors (Lipinski definition) is 1. The van der Waals surface area contributed by atoms with Gasteiger partial charge in [-0.2, -0.15) is 0 Å². The molecule has 1 N–H and O–H groups in total. The highest BCUT2D eigenvalue weighted by atomic mass is 32.1. The minimum absolute atomic E-state index is 0.166. The number of nitrogens with zero attached hydrogens (tertiary/aromatic N) is 3. The van der Waals surface area contributed by atoms with Crippen LogP contribution in [0.4, 0.5) is 10.2 Å². The molecule has 29 heavy (non-hydrogen) atoms. The average Bonchev–Trinajstić information content (AvgIpc) is 3.19. The van der Waals surface area contributed by atoms with Crippen molar-refractivity contribution in [2.24, 2.45) is 0 Å². The Labute approximate surface area is 174 Å². The molecule has 1 fully saturated rings. The summed E-state index contributed by atoms with van der Waals surface area (Å²) in [4.78, 5) is 24.1. The van der Waals surface area contributed by atoms with Crippen LogP contribution in [0.1, 0.15) is 38.5 Å². The maximum atomic E-state index is 13.3. The van der Waals surface area contributed by atoms with E-state index in [1.165, 1.54) is 49.1 Å². The summed E-state index contributed by atoms with van der Waals surface area (Å²) >= 11 is 1.53. The number of rotatable bonds is 6. The Kier molecular flexibility index (Phi) is 6.04. The molecule has 0 spiro atoms. The lowest BCUT2D eigenvalue weighted by molar-refractivity contribution is -0.132. The second-order valence-electron chi connectivity index (χ2n) is 7.53. The topological polar surface area (TPSA) is 58.1 Å². The van der Waals surface area contributed by atoms with Crippen LogP contribution < -0.4 is 5.32 Å². The molecular formula is C22H25FN4OS. The Morgan fingerprint density at radius 1 is 1.21 bits per heavy atom. The SMILES string of the molecule is CN(C(=O)CCNc1ncnc2scc(-c3ccc(F)cc3)c12)C1CCCCC1. The van der Waals surface area contributed by atoms with Crippen LogP contribution in [0, 0.1) is 5.82 Å². The Morgan fingerprint density at radius 2 is 1.97 bits per heavy atom. The Balaban J connectivity index is 1.46. The normalized spacial score (nSPS) is 14.8. The molecule has 2 aromatic heterocycles. The van der Waals surface area contributed by atoms with Crippen molar-refractivity contribution in [3.05, 3.63) is 41.8 Å². The van der Waals surface area contributed by atoms with Gasteiger partial charge >= 0.3 is 0 Å². The van der Waals surface area contributed by atoms with Gasteiger partial charge in [-0.15, -0.1) is 11.3 Å². The van der Waals surface area contributed by atoms with Crippen molar-refractivity contribution in [1.82, 2.24) is 14.9 Å². The van der Waals surface area contributed by atoms with Crippen LogP contribution in [-0.2, 0) is 4.79 Å². The van der Waals surface area contributed by atoms with Gasteiger partial charge in [0.1, 0.15) is 22.8 Å². The predicted molar refractivity (Wildman–Crippen MR) is 116 cm³/mol. The molecule has 5 nitrogen and oxygen atoms in total. The van der Waals surface area contributed by atoms with Gasteiger partial charge in [0.15, 0.2) is 0 Å². The lowest BCUT2D eigenvalue weighted by Gasteiger charge is -2.31. The summed E-state index contributed by atoms with van der Waals surface area (Å²) in [6.45, 7) is 0.515. The van der Waals surface area contributed by atoms with Gasteiger partial charge in [0.05, 0.1) is 5.39 Å². The monoisotopic (exact) mass is 412 g/mol. The zero-order valence-electron chi connectivity index (χ0n) is 16.5. The van der Waals surface area contributed by atoms with Crippen LogP contribution in [0.15, 0.2) is 36.0 Å². The van der Waals surface area contributed by atoms with Crippen molar-refractivity contribution in [2.75, 3.05) is 18.9 Å². The summed E-state index contributed by atoms with van der Waals surface area (Å²) in [5.41, 5.74) is 1.89. The minimum Gasteiger partial charge on any atom is -0.369 e. The first-order valence-electron chi connectivity index (χ1n) is 10.1. The average molecular weight is 413 g/mol. The van der Waals surface area contributed by atoms with E-state index < -0.39 is 0 Å². The lowest BCUT2D eigenvalue weighted by atomic mass is 9.94. The molecule has 4 rings (SSSR count). The second-order valence-corrected chi connectivity index (χ2v) is 8.39. The number of anilines is 1. The summed E-state index contributed by atoms with van der Waals surface area (Å²) < 4.78 is 13.3. The Bertz CT molecular complexity index is 982. The standard InChI is InChI=1S/C22H25FN4OS/c1-27(17-5-3-2-4-6-17)19(28)11-12-24-21-20-18(13-29-22(20)26-14-25-21)15-7-9-16(23)10-8-15/h7-10,13-14,17H,2-6,11-12H2,1H3,(H,24,25,26). The van der Waals surface area contributed by atoms with Gasteiger partial charge in [-0.3, -0.25) is 4.79 Å². The number of amides is 1. The number of hydrogen-bond acceptors (Lipinski definition) is 5. The van der Waals surface area contributed by atoms with E-state index in [0.29, 0.717) is 24.8 Å². The summed E-state index contributed by atoms with van der Waals surface area (Å²) in [6.07, 6.45) is 7.88. The van der Waals surface area contributed by atoms with Crippen LogP contribution in [0.25, 0.3) is 21.3 Å². The second kappa shape index (κ2) is 8.86. The lowest BCUT2D eigenvalue weighted by Crippen LogP contribution is -2.38. The quantitative estimate of drug-likeness (QED) is 0.613. The molecule has 1 aliphatic rings. The third-order valence-electron chi connectivity index (χ3n) is 5.67. The number of halogens is 1. The van der Waals surface area contributed by atoms with E-state index in [1.807, 2.05) is 17.3 Å². The molecule has 7 heteroatoms. The molecule has 1 aromatic carbocycles. The number of thiophene rings is 1. The first-order valence-corrected chi connectivity index (χ1v) is 11.0. The van der Waals surface area contributed by atoms with Crippen molar-refractivity contribution in [2.45, 2.75) is 44.6 Å². The first-order chi connectivity index (χ1) is 14.1. The van der Waals surface area contributed by atoms with E-state index in [0.717, 1.165) is 34.2 Å². The zero-order valence-corrected chi connectivity index (χ0v) is 17.3. The van der Waals surface area contributed by atoms with Crippen molar-refractivity contribution < 1.29 is 9.18 Å². The van der Waals surface area contributed by atoms with Gasteiger partial charge in [-0.25, -0.2) is 14.4 Å². The van der Waals surface area contributed by atoms with Crippen LogP contribution in [0.5, 0.6) is 0 Å². The van der Waals surface area contributed by atoms with Gasteiger partial charge in [-0.05, 0) is 30.5 Å². The van der Waals surface area contributed by atoms with Gasteiger partial charge in [-0.1, -0.05) is 31.4 Å². The smallest absolute Gasteiger partial charge is 0.224 e. The molecule has 152 valence electrons.